The average molecular weight is 441 g/mol. The van der Waals surface area contributed by atoms with Gasteiger partial charge >= 0.3 is 0 Å². The monoisotopic (exact) mass is 440 g/mol. The zero-order chi connectivity index (χ0) is 22.4. The van der Waals surface area contributed by atoms with Gasteiger partial charge in [-0.3, -0.25) is 0 Å². The van der Waals surface area contributed by atoms with Crippen LogP contribution in [-0.4, -0.2) is 9.97 Å². The first-order valence-corrected chi connectivity index (χ1v) is 14.6. The molecular formula is C30H52N2. The lowest BCUT2D eigenvalue weighted by atomic mass is 9.77. The summed E-state index contributed by atoms with van der Waals surface area (Å²) in [5.74, 6) is 4.71. The predicted octanol–water partition coefficient (Wildman–Crippen LogP) is 9.43. The Morgan fingerprint density at radius 1 is 0.594 bits per heavy atom. The maximum absolute atomic E-state index is 4.79. The Balaban J connectivity index is 1.29. The Kier molecular flexibility index (Phi) is 12.1. The van der Waals surface area contributed by atoms with Gasteiger partial charge in [-0.1, -0.05) is 104 Å². The molecule has 2 fully saturated rings. The topological polar surface area (TPSA) is 25.8 Å². The van der Waals surface area contributed by atoms with Crippen molar-refractivity contribution in [2.24, 2.45) is 17.8 Å². The van der Waals surface area contributed by atoms with Crippen LogP contribution in [0, 0.1) is 17.8 Å². The van der Waals surface area contributed by atoms with Crippen molar-refractivity contribution in [2.75, 3.05) is 0 Å². The smallest absolute Gasteiger partial charge is 0.128 e. The van der Waals surface area contributed by atoms with Crippen molar-refractivity contribution in [3.63, 3.8) is 0 Å². The fourth-order valence-electron chi connectivity index (χ4n) is 6.35. The molecule has 1 aromatic rings. The van der Waals surface area contributed by atoms with E-state index in [1.807, 2.05) is 0 Å². The van der Waals surface area contributed by atoms with E-state index in [1.54, 1.807) is 0 Å². The maximum Gasteiger partial charge on any atom is 0.128 e. The third-order valence-corrected chi connectivity index (χ3v) is 8.72. The largest absolute Gasteiger partial charge is 0.241 e. The zero-order valence-corrected chi connectivity index (χ0v) is 21.5. The van der Waals surface area contributed by atoms with Gasteiger partial charge in [0, 0.05) is 18.8 Å². The van der Waals surface area contributed by atoms with Gasteiger partial charge in [0.15, 0.2) is 0 Å². The van der Waals surface area contributed by atoms with E-state index in [0.717, 1.165) is 30.0 Å². The SMILES string of the molecule is CCCCCCCC1CCC(CCc2ncc(C3CCC(CCCCC)CC3)cn2)CC1. The van der Waals surface area contributed by atoms with E-state index in [-0.39, 0.29) is 0 Å². The molecule has 2 heteroatoms. The molecule has 2 aliphatic rings. The predicted molar refractivity (Wildman–Crippen MR) is 138 cm³/mol. The fraction of sp³-hybridized carbons (Fsp3) is 0.867. The molecule has 0 spiro atoms. The van der Waals surface area contributed by atoms with E-state index >= 15 is 0 Å². The summed E-state index contributed by atoms with van der Waals surface area (Å²) in [6.07, 6.45) is 32.4. The summed E-state index contributed by atoms with van der Waals surface area (Å²) in [4.78, 5) is 9.57. The number of hydrogen-bond acceptors (Lipinski definition) is 2. The number of nitrogens with zero attached hydrogens (tertiary/aromatic N) is 2. The van der Waals surface area contributed by atoms with Crippen LogP contribution in [0.3, 0.4) is 0 Å². The molecule has 0 aromatic carbocycles. The minimum absolute atomic E-state index is 0.712. The van der Waals surface area contributed by atoms with Crippen LogP contribution >= 0.6 is 0 Å². The lowest BCUT2D eigenvalue weighted by Crippen LogP contribution is -2.16. The fourth-order valence-corrected chi connectivity index (χ4v) is 6.35. The van der Waals surface area contributed by atoms with Crippen LogP contribution in [0.25, 0.3) is 0 Å². The summed E-state index contributed by atoms with van der Waals surface area (Å²) in [5, 5.41) is 0. The molecule has 0 radical (unpaired) electrons. The normalized spacial score (nSPS) is 26.3. The molecule has 0 atom stereocenters. The van der Waals surface area contributed by atoms with Crippen molar-refractivity contribution in [3.8, 4) is 0 Å². The molecule has 0 bridgehead atoms. The Labute approximate surface area is 199 Å². The molecule has 0 unspecified atom stereocenters. The van der Waals surface area contributed by atoms with Crippen molar-refractivity contribution in [1.82, 2.24) is 9.97 Å². The summed E-state index contributed by atoms with van der Waals surface area (Å²) in [6.45, 7) is 4.61. The number of rotatable bonds is 14. The highest BCUT2D eigenvalue weighted by molar-refractivity contribution is 5.13. The molecule has 0 saturated heterocycles. The summed E-state index contributed by atoms with van der Waals surface area (Å²) in [6, 6.07) is 0. The molecule has 0 N–H and O–H groups in total. The lowest BCUT2D eigenvalue weighted by molar-refractivity contribution is 0.248. The Hall–Kier alpha value is -0.920. The van der Waals surface area contributed by atoms with E-state index < -0.39 is 0 Å². The Morgan fingerprint density at radius 3 is 1.66 bits per heavy atom. The van der Waals surface area contributed by atoms with Crippen molar-refractivity contribution in [2.45, 2.75) is 148 Å². The van der Waals surface area contributed by atoms with Gasteiger partial charge in [-0.2, -0.15) is 0 Å². The molecule has 182 valence electrons. The van der Waals surface area contributed by atoms with Crippen LogP contribution < -0.4 is 0 Å². The van der Waals surface area contributed by atoms with Crippen LogP contribution in [0.2, 0.25) is 0 Å². The van der Waals surface area contributed by atoms with Crippen molar-refractivity contribution in [3.05, 3.63) is 23.8 Å². The van der Waals surface area contributed by atoms with Gasteiger partial charge in [-0.15, -0.1) is 0 Å². The highest BCUT2D eigenvalue weighted by Crippen LogP contribution is 2.37. The minimum Gasteiger partial charge on any atom is -0.241 e. The van der Waals surface area contributed by atoms with E-state index in [0.29, 0.717) is 5.92 Å². The average Bonchev–Trinajstić information content (AvgIpc) is 2.84. The second-order valence-corrected chi connectivity index (χ2v) is 11.3. The number of aromatic nitrogens is 2. The molecule has 0 amide bonds. The van der Waals surface area contributed by atoms with Gasteiger partial charge in [-0.05, 0) is 61.3 Å². The molecule has 2 saturated carbocycles. The Bertz CT molecular complexity index is 579. The van der Waals surface area contributed by atoms with E-state index in [4.69, 9.17) is 9.97 Å². The molecule has 3 rings (SSSR count). The third kappa shape index (κ3) is 9.14. The number of unbranched alkanes of at least 4 members (excludes halogenated alkanes) is 6. The van der Waals surface area contributed by atoms with Crippen LogP contribution in [-0.2, 0) is 6.42 Å². The Morgan fingerprint density at radius 2 is 1.06 bits per heavy atom. The molecule has 2 nitrogen and oxygen atoms in total. The zero-order valence-electron chi connectivity index (χ0n) is 21.5. The quantitative estimate of drug-likeness (QED) is 0.269. The van der Waals surface area contributed by atoms with Crippen LogP contribution in [0.1, 0.15) is 153 Å². The highest BCUT2D eigenvalue weighted by Gasteiger charge is 2.23. The molecule has 1 aromatic heterocycles. The molecule has 32 heavy (non-hydrogen) atoms. The van der Waals surface area contributed by atoms with Crippen LogP contribution in [0.5, 0.6) is 0 Å². The second kappa shape index (κ2) is 15.1. The lowest BCUT2D eigenvalue weighted by Gasteiger charge is -2.29. The second-order valence-electron chi connectivity index (χ2n) is 11.3. The minimum atomic E-state index is 0.712. The van der Waals surface area contributed by atoms with Crippen LogP contribution in [0.15, 0.2) is 12.4 Å². The summed E-state index contributed by atoms with van der Waals surface area (Å²) in [5.41, 5.74) is 1.40. The van der Waals surface area contributed by atoms with Crippen molar-refractivity contribution < 1.29 is 0 Å². The highest BCUT2D eigenvalue weighted by atomic mass is 14.9. The first-order chi connectivity index (χ1) is 15.8. The number of hydrogen-bond donors (Lipinski definition) is 0. The van der Waals surface area contributed by atoms with Crippen molar-refractivity contribution >= 4 is 0 Å². The summed E-state index contributed by atoms with van der Waals surface area (Å²) in [7, 11) is 0. The van der Waals surface area contributed by atoms with Gasteiger partial charge in [0.1, 0.15) is 5.82 Å². The van der Waals surface area contributed by atoms with E-state index in [9.17, 15) is 0 Å². The number of aryl methyl sites for hydroxylation is 1. The maximum atomic E-state index is 4.79. The molecule has 0 aliphatic heterocycles. The summed E-state index contributed by atoms with van der Waals surface area (Å²) >= 11 is 0. The van der Waals surface area contributed by atoms with Crippen LogP contribution in [0.4, 0.5) is 0 Å². The van der Waals surface area contributed by atoms with Crippen molar-refractivity contribution in [1.29, 1.82) is 0 Å². The molecule has 1 heterocycles. The molecule has 2 aliphatic carbocycles. The first kappa shape index (κ1) is 25.7. The van der Waals surface area contributed by atoms with Gasteiger partial charge in [0.05, 0.1) is 0 Å². The summed E-state index contributed by atoms with van der Waals surface area (Å²) < 4.78 is 0. The molecular weight excluding hydrogens is 388 g/mol. The van der Waals surface area contributed by atoms with E-state index in [2.05, 4.69) is 26.2 Å². The van der Waals surface area contributed by atoms with Gasteiger partial charge in [-0.25, -0.2) is 9.97 Å². The van der Waals surface area contributed by atoms with Gasteiger partial charge < -0.3 is 0 Å². The first-order valence-electron chi connectivity index (χ1n) is 14.6. The standard InChI is InChI=1S/C30H52N2/c1-3-5-7-8-10-12-25-13-15-27(16-14-25)19-22-30-31-23-29(24-32-30)28-20-17-26(18-21-28)11-9-6-4-2/h23-28H,3-22H2,1-2H3. The third-order valence-electron chi connectivity index (χ3n) is 8.72. The van der Waals surface area contributed by atoms with Gasteiger partial charge in [0.25, 0.3) is 0 Å². The van der Waals surface area contributed by atoms with Gasteiger partial charge in [0.2, 0.25) is 0 Å². The van der Waals surface area contributed by atoms with E-state index in [1.165, 1.54) is 128 Å².